The molecule has 0 atom stereocenters. The number of carbonyl (C=O) groups excluding carboxylic acids is 1. The SMILES string of the molecule is Cc1csc2nc(COc3ccccc3NC(=O)C(C)(C)C)cc(=O)n12. The number of fused-ring (bicyclic) bond motifs is 1. The van der Waals surface area contributed by atoms with Crippen molar-refractivity contribution in [1.29, 1.82) is 0 Å². The van der Waals surface area contributed by atoms with Gasteiger partial charge in [0, 0.05) is 22.6 Å². The number of thiazole rings is 1. The number of anilines is 1. The maximum absolute atomic E-state index is 12.2. The van der Waals surface area contributed by atoms with Gasteiger partial charge in [-0.3, -0.25) is 14.0 Å². The van der Waals surface area contributed by atoms with Gasteiger partial charge in [0.1, 0.15) is 12.4 Å². The van der Waals surface area contributed by atoms with E-state index in [1.54, 1.807) is 16.5 Å². The predicted molar refractivity (Wildman–Crippen MR) is 103 cm³/mol. The maximum Gasteiger partial charge on any atom is 0.259 e. The molecule has 1 aromatic carbocycles. The van der Waals surface area contributed by atoms with Gasteiger partial charge in [0.15, 0.2) is 4.96 Å². The van der Waals surface area contributed by atoms with E-state index in [1.807, 2.05) is 45.2 Å². The highest BCUT2D eigenvalue weighted by atomic mass is 32.1. The Kier molecular flexibility index (Phi) is 4.82. The summed E-state index contributed by atoms with van der Waals surface area (Å²) in [5.41, 5.74) is 1.38. The zero-order valence-corrected chi connectivity index (χ0v) is 16.0. The molecule has 0 aliphatic carbocycles. The van der Waals surface area contributed by atoms with E-state index >= 15 is 0 Å². The molecule has 2 aromatic heterocycles. The van der Waals surface area contributed by atoms with Gasteiger partial charge in [-0.2, -0.15) is 0 Å². The van der Waals surface area contributed by atoms with Crippen molar-refractivity contribution in [3.8, 4) is 5.75 Å². The van der Waals surface area contributed by atoms with Gasteiger partial charge in [-0.05, 0) is 19.1 Å². The largest absolute Gasteiger partial charge is 0.485 e. The molecule has 3 rings (SSSR count). The van der Waals surface area contributed by atoms with Gasteiger partial charge in [0.05, 0.1) is 11.4 Å². The molecule has 1 amide bonds. The molecule has 0 fully saturated rings. The summed E-state index contributed by atoms with van der Waals surface area (Å²) < 4.78 is 7.40. The zero-order chi connectivity index (χ0) is 18.9. The molecular weight excluding hydrogens is 350 g/mol. The van der Waals surface area contributed by atoms with Crippen LogP contribution in [0.1, 0.15) is 32.2 Å². The van der Waals surface area contributed by atoms with Gasteiger partial charge in [-0.25, -0.2) is 4.98 Å². The highest BCUT2D eigenvalue weighted by Crippen LogP contribution is 2.27. The molecule has 0 saturated heterocycles. The van der Waals surface area contributed by atoms with Crippen LogP contribution >= 0.6 is 11.3 Å². The molecule has 3 aromatic rings. The van der Waals surface area contributed by atoms with E-state index in [4.69, 9.17) is 4.74 Å². The molecule has 0 unspecified atom stereocenters. The molecule has 2 heterocycles. The number of hydrogen-bond acceptors (Lipinski definition) is 5. The van der Waals surface area contributed by atoms with E-state index in [0.717, 1.165) is 5.69 Å². The van der Waals surface area contributed by atoms with Crippen molar-refractivity contribution in [2.45, 2.75) is 34.3 Å². The summed E-state index contributed by atoms with van der Waals surface area (Å²) in [6.07, 6.45) is 0. The van der Waals surface area contributed by atoms with Gasteiger partial charge >= 0.3 is 0 Å². The molecule has 26 heavy (non-hydrogen) atoms. The van der Waals surface area contributed by atoms with E-state index in [-0.39, 0.29) is 18.1 Å². The van der Waals surface area contributed by atoms with Crippen molar-refractivity contribution in [1.82, 2.24) is 9.38 Å². The number of aromatic nitrogens is 2. The third kappa shape index (κ3) is 3.77. The second kappa shape index (κ2) is 6.92. The monoisotopic (exact) mass is 371 g/mol. The Balaban J connectivity index is 1.80. The van der Waals surface area contributed by atoms with E-state index in [2.05, 4.69) is 10.3 Å². The first kappa shape index (κ1) is 18.1. The number of rotatable bonds is 4. The Bertz CT molecular complexity index is 1010. The molecule has 0 spiro atoms. The summed E-state index contributed by atoms with van der Waals surface area (Å²) in [5, 5.41) is 4.78. The number of para-hydroxylation sites is 2. The second-order valence-corrected chi connectivity index (χ2v) is 7.91. The first-order valence-corrected chi connectivity index (χ1v) is 9.14. The summed E-state index contributed by atoms with van der Waals surface area (Å²) in [7, 11) is 0. The third-order valence-corrected chi connectivity index (χ3v) is 4.76. The minimum atomic E-state index is -0.509. The molecule has 7 heteroatoms. The minimum absolute atomic E-state index is 0.0969. The maximum atomic E-state index is 12.2. The van der Waals surface area contributed by atoms with Crippen molar-refractivity contribution in [2.24, 2.45) is 5.41 Å². The number of nitrogens with zero attached hydrogens (tertiary/aromatic N) is 2. The Hall–Kier alpha value is -2.67. The van der Waals surface area contributed by atoms with Crippen LogP contribution in [-0.2, 0) is 11.4 Å². The highest BCUT2D eigenvalue weighted by molar-refractivity contribution is 7.15. The number of carbonyl (C=O) groups is 1. The van der Waals surface area contributed by atoms with Gasteiger partial charge in [-0.15, -0.1) is 11.3 Å². The Labute approximate surface area is 155 Å². The third-order valence-electron chi connectivity index (χ3n) is 3.82. The number of ether oxygens (including phenoxy) is 1. The van der Waals surface area contributed by atoms with Crippen molar-refractivity contribution in [3.63, 3.8) is 0 Å². The van der Waals surface area contributed by atoms with Crippen molar-refractivity contribution in [3.05, 3.63) is 57.5 Å². The average molecular weight is 371 g/mol. The van der Waals surface area contributed by atoms with Crippen molar-refractivity contribution < 1.29 is 9.53 Å². The van der Waals surface area contributed by atoms with Gasteiger partial charge < -0.3 is 10.1 Å². The number of hydrogen-bond donors (Lipinski definition) is 1. The molecule has 0 radical (unpaired) electrons. The summed E-state index contributed by atoms with van der Waals surface area (Å²) in [6.45, 7) is 7.56. The quantitative estimate of drug-likeness (QED) is 0.760. The molecule has 0 aliphatic rings. The van der Waals surface area contributed by atoms with Gasteiger partial charge in [0.2, 0.25) is 5.91 Å². The number of amides is 1. The second-order valence-electron chi connectivity index (χ2n) is 7.07. The first-order valence-electron chi connectivity index (χ1n) is 8.26. The molecule has 6 nitrogen and oxygen atoms in total. The summed E-state index contributed by atoms with van der Waals surface area (Å²) >= 11 is 1.42. The van der Waals surface area contributed by atoms with Crippen LogP contribution in [0.2, 0.25) is 0 Å². The molecule has 0 aliphatic heterocycles. The lowest BCUT2D eigenvalue weighted by molar-refractivity contribution is -0.123. The minimum Gasteiger partial charge on any atom is -0.485 e. The lowest BCUT2D eigenvalue weighted by Gasteiger charge is -2.19. The predicted octanol–water partition coefficient (Wildman–Crippen LogP) is 3.63. The lowest BCUT2D eigenvalue weighted by atomic mass is 9.95. The topological polar surface area (TPSA) is 72.7 Å². The van der Waals surface area contributed by atoms with Crippen molar-refractivity contribution in [2.75, 3.05) is 5.32 Å². The van der Waals surface area contributed by atoms with E-state index in [9.17, 15) is 9.59 Å². The molecule has 136 valence electrons. The fourth-order valence-electron chi connectivity index (χ4n) is 2.33. The van der Waals surface area contributed by atoms with Crippen LogP contribution in [0.4, 0.5) is 5.69 Å². The van der Waals surface area contributed by atoms with Crippen LogP contribution in [0, 0.1) is 12.3 Å². The van der Waals surface area contributed by atoms with Crippen LogP contribution in [0.25, 0.3) is 4.96 Å². The van der Waals surface area contributed by atoms with E-state index in [0.29, 0.717) is 22.1 Å². The normalized spacial score (nSPS) is 11.5. The molecular formula is C19H21N3O3S. The Morgan fingerprint density at radius 3 is 2.77 bits per heavy atom. The number of nitrogens with one attached hydrogen (secondary N) is 1. The fourth-order valence-corrected chi connectivity index (χ4v) is 3.22. The lowest BCUT2D eigenvalue weighted by Crippen LogP contribution is -2.27. The number of aryl methyl sites for hydroxylation is 1. The zero-order valence-electron chi connectivity index (χ0n) is 15.2. The van der Waals surface area contributed by atoms with Gasteiger partial charge in [-0.1, -0.05) is 32.9 Å². The van der Waals surface area contributed by atoms with Crippen molar-refractivity contribution >= 4 is 27.9 Å². The molecule has 0 saturated carbocycles. The molecule has 0 bridgehead atoms. The molecule has 1 N–H and O–H groups in total. The summed E-state index contributed by atoms with van der Waals surface area (Å²) in [6, 6.07) is 8.70. The Morgan fingerprint density at radius 2 is 2.04 bits per heavy atom. The van der Waals surface area contributed by atoms with Crippen LogP contribution in [-0.4, -0.2) is 15.3 Å². The van der Waals surface area contributed by atoms with Crippen LogP contribution in [0.3, 0.4) is 0 Å². The van der Waals surface area contributed by atoms with E-state index in [1.165, 1.54) is 17.4 Å². The van der Waals surface area contributed by atoms with E-state index < -0.39 is 5.41 Å². The highest BCUT2D eigenvalue weighted by Gasteiger charge is 2.22. The van der Waals surface area contributed by atoms with Crippen LogP contribution < -0.4 is 15.6 Å². The standard InChI is InChI=1S/C19H21N3O3S/c1-12-11-26-18-20-13(9-16(23)22(12)18)10-25-15-8-6-5-7-14(15)21-17(24)19(2,3)4/h5-9,11H,10H2,1-4H3,(H,21,24). The van der Waals surface area contributed by atoms with Gasteiger partial charge in [0.25, 0.3) is 5.56 Å². The van der Waals surface area contributed by atoms with Crippen LogP contribution in [0.15, 0.2) is 40.5 Å². The first-order chi connectivity index (χ1) is 12.3. The Morgan fingerprint density at radius 1 is 1.31 bits per heavy atom. The average Bonchev–Trinajstić information content (AvgIpc) is 2.94. The smallest absolute Gasteiger partial charge is 0.259 e. The number of benzene rings is 1. The summed E-state index contributed by atoms with van der Waals surface area (Å²) in [4.78, 5) is 29.6. The fraction of sp³-hybridized carbons (Fsp3) is 0.316. The summed E-state index contributed by atoms with van der Waals surface area (Å²) in [5.74, 6) is 0.440. The van der Waals surface area contributed by atoms with Crippen LogP contribution in [0.5, 0.6) is 5.75 Å².